The van der Waals surface area contributed by atoms with Crippen molar-refractivity contribution in [2.45, 2.75) is 17.9 Å². The molecule has 0 fully saturated rings. The highest BCUT2D eigenvalue weighted by Gasteiger charge is 2.26. The van der Waals surface area contributed by atoms with E-state index in [1.807, 2.05) is 0 Å². The summed E-state index contributed by atoms with van der Waals surface area (Å²) in [5.74, 6) is -2.42. The molecule has 1 atom stereocenters. The molecule has 0 radical (unpaired) electrons. The van der Waals surface area contributed by atoms with Crippen LogP contribution in [0.15, 0.2) is 17.0 Å². The van der Waals surface area contributed by atoms with Crippen molar-refractivity contribution in [1.29, 1.82) is 0 Å². The van der Waals surface area contributed by atoms with Crippen LogP contribution < -0.4 is 4.72 Å². The summed E-state index contributed by atoms with van der Waals surface area (Å²) in [6.07, 6.45) is 1.80. The van der Waals surface area contributed by atoms with Crippen LogP contribution in [0.3, 0.4) is 0 Å². The first-order valence-corrected chi connectivity index (χ1v) is 8.68. The molecule has 2 N–H and O–H groups in total. The van der Waals surface area contributed by atoms with E-state index in [-0.39, 0.29) is 5.02 Å². The van der Waals surface area contributed by atoms with Crippen LogP contribution in [0, 0.1) is 5.82 Å². The number of hydrogen-bond acceptors (Lipinski definition) is 4. The van der Waals surface area contributed by atoms with Gasteiger partial charge in [-0.15, -0.1) is 0 Å². The highest BCUT2D eigenvalue weighted by molar-refractivity contribution is 7.98. The molecule has 0 spiro atoms. The Kier molecular flexibility index (Phi) is 5.81. The Labute approximate surface area is 125 Å². The fourth-order valence-corrected chi connectivity index (χ4v) is 3.87. The standard InChI is InChI=1S/C11H13ClFNO4S2/c1-6(5-19-2)14-20(17,18)9-4-7(12)3-8(10(9)13)11(15)16/h3-4,6,14H,5H2,1-2H3,(H,15,16). The summed E-state index contributed by atoms with van der Waals surface area (Å²) in [5, 5.41) is 8.66. The normalized spacial score (nSPS) is 13.2. The lowest BCUT2D eigenvalue weighted by Gasteiger charge is -2.14. The lowest BCUT2D eigenvalue weighted by Crippen LogP contribution is -2.35. The lowest BCUT2D eigenvalue weighted by molar-refractivity contribution is 0.0691. The zero-order chi connectivity index (χ0) is 15.5. The third-order valence-corrected chi connectivity index (χ3v) is 4.94. The molecule has 1 unspecified atom stereocenters. The van der Waals surface area contributed by atoms with Crippen LogP contribution in [0.4, 0.5) is 4.39 Å². The maximum absolute atomic E-state index is 14.0. The van der Waals surface area contributed by atoms with E-state index in [0.29, 0.717) is 5.75 Å². The molecule has 5 nitrogen and oxygen atoms in total. The summed E-state index contributed by atoms with van der Waals surface area (Å²) in [7, 11) is -4.18. The van der Waals surface area contributed by atoms with Crippen molar-refractivity contribution in [2.24, 2.45) is 0 Å². The van der Waals surface area contributed by atoms with Crippen LogP contribution in [-0.2, 0) is 10.0 Å². The predicted octanol–water partition coefficient (Wildman–Crippen LogP) is 2.21. The Bertz CT molecular complexity index is 621. The lowest BCUT2D eigenvalue weighted by atomic mass is 10.2. The number of carbonyl (C=O) groups is 1. The van der Waals surface area contributed by atoms with Crippen LogP contribution in [0.25, 0.3) is 0 Å². The molecule has 1 aromatic rings. The van der Waals surface area contributed by atoms with Gasteiger partial charge in [0, 0.05) is 16.8 Å². The van der Waals surface area contributed by atoms with Crippen molar-refractivity contribution in [3.63, 3.8) is 0 Å². The molecule has 0 aromatic heterocycles. The second-order valence-corrected chi connectivity index (χ2v) is 7.08. The Morgan fingerprint density at radius 2 is 2.15 bits per heavy atom. The highest BCUT2D eigenvalue weighted by Crippen LogP contribution is 2.24. The second kappa shape index (κ2) is 6.75. The molecule has 0 saturated carbocycles. The number of nitrogens with one attached hydrogen (secondary N) is 1. The number of hydrogen-bond donors (Lipinski definition) is 2. The van der Waals surface area contributed by atoms with Crippen LogP contribution in [0.2, 0.25) is 5.02 Å². The zero-order valence-electron chi connectivity index (χ0n) is 10.7. The number of halogens is 2. The third kappa shape index (κ3) is 4.08. The summed E-state index contributed by atoms with van der Waals surface area (Å²) in [6.45, 7) is 1.62. The van der Waals surface area contributed by atoms with Gasteiger partial charge in [0.2, 0.25) is 10.0 Å². The summed E-state index contributed by atoms with van der Waals surface area (Å²) < 4.78 is 40.3. The monoisotopic (exact) mass is 341 g/mol. The molecule has 1 aromatic carbocycles. The molecule has 0 bridgehead atoms. The second-order valence-electron chi connectivity index (χ2n) is 4.05. The largest absolute Gasteiger partial charge is 0.478 e. The molecule has 0 heterocycles. The van der Waals surface area contributed by atoms with Crippen LogP contribution in [0.5, 0.6) is 0 Å². The minimum Gasteiger partial charge on any atom is -0.478 e. The molecule has 1 rings (SSSR count). The minimum atomic E-state index is -4.18. The average molecular weight is 342 g/mol. The van der Waals surface area contributed by atoms with E-state index < -0.39 is 38.3 Å². The summed E-state index contributed by atoms with van der Waals surface area (Å²) in [5.41, 5.74) is -0.782. The van der Waals surface area contributed by atoms with Crippen molar-refractivity contribution >= 4 is 39.4 Å². The molecule has 20 heavy (non-hydrogen) atoms. The molecule has 0 aliphatic heterocycles. The van der Waals surface area contributed by atoms with Gasteiger partial charge in [-0.2, -0.15) is 11.8 Å². The number of aromatic carboxylic acids is 1. The average Bonchev–Trinajstić information content (AvgIpc) is 2.30. The summed E-state index contributed by atoms with van der Waals surface area (Å²) >= 11 is 7.06. The van der Waals surface area contributed by atoms with Crippen molar-refractivity contribution in [2.75, 3.05) is 12.0 Å². The Hall–Kier alpha value is -0.830. The highest BCUT2D eigenvalue weighted by atomic mass is 35.5. The molecular formula is C11H13ClFNO4S2. The zero-order valence-corrected chi connectivity index (χ0v) is 13.1. The fraction of sp³-hybridized carbons (Fsp3) is 0.364. The number of benzene rings is 1. The topological polar surface area (TPSA) is 83.5 Å². The van der Waals surface area contributed by atoms with Gasteiger partial charge in [0.25, 0.3) is 0 Å². The third-order valence-electron chi connectivity index (χ3n) is 2.30. The first-order chi connectivity index (χ1) is 9.19. The maximum atomic E-state index is 14.0. The van der Waals surface area contributed by atoms with Crippen molar-refractivity contribution in [3.05, 3.63) is 28.5 Å². The summed E-state index contributed by atoms with van der Waals surface area (Å²) in [6, 6.07) is 1.32. The number of rotatable bonds is 6. The molecule has 9 heteroatoms. The van der Waals surface area contributed by atoms with E-state index in [2.05, 4.69) is 4.72 Å². The van der Waals surface area contributed by atoms with Gasteiger partial charge in [-0.3, -0.25) is 0 Å². The molecule has 0 aliphatic rings. The van der Waals surface area contributed by atoms with Crippen molar-refractivity contribution in [3.8, 4) is 0 Å². The molecule has 0 saturated heterocycles. The quantitative estimate of drug-likeness (QED) is 0.828. The van der Waals surface area contributed by atoms with Gasteiger partial charge in [0.05, 0.1) is 5.56 Å². The number of carboxylic acids is 1. The van der Waals surface area contributed by atoms with Gasteiger partial charge in [-0.05, 0) is 25.3 Å². The van der Waals surface area contributed by atoms with Crippen LogP contribution in [-0.4, -0.2) is 37.5 Å². The van der Waals surface area contributed by atoms with E-state index in [1.165, 1.54) is 11.8 Å². The number of carboxylic acid groups (broad SMARTS) is 1. The van der Waals surface area contributed by atoms with Gasteiger partial charge in [0.15, 0.2) is 5.82 Å². The summed E-state index contributed by atoms with van der Waals surface area (Å²) in [4.78, 5) is 10.1. The molecule has 0 aliphatic carbocycles. The Morgan fingerprint density at radius 3 is 2.65 bits per heavy atom. The van der Waals surface area contributed by atoms with Gasteiger partial charge >= 0.3 is 5.97 Å². The van der Waals surface area contributed by atoms with E-state index in [1.54, 1.807) is 13.2 Å². The van der Waals surface area contributed by atoms with Gasteiger partial charge in [-0.25, -0.2) is 22.3 Å². The maximum Gasteiger partial charge on any atom is 0.338 e. The van der Waals surface area contributed by atoms with Crippen LogP contribution in [0.1, 0.15) is 17.3 Å². The molecular weight excluding hydrogens is 329 g/mol. The molecule has 0 amide bonds. The van der Waals surface area contributed by atoms with E-state index in [4.69, 9.17) is 16.7 Å². The number of thioether (sulfide) groups is 1. The van der Waals surface area contributed by atoms with E-state index in [0.717, 1.165) is 12.1 Å². The van der Waals surface area contributed by atoms with Gasteiger partial charge in [0.1, 0.15) is 4.90 Å². The first kappa shape index (κ1) is 17.2. The van der Waals surface area contributed by atoms with E-state index >= 15 is 0 Å². The minimum absolute atomic E-state index is 0.165. The van der Waals surface area contributed by atoms with Crippen molar-refractivity contribution in [1.82, 2.24) is 4.72 Å². The predicted molar refractivity (Wildman–Crippen MR) is 76.5 cm³/mol. The first-order valence-electron chi connectivity index (χ1n) is 5.42. The SMILES string of the molecule is CSCC(C)NS(=O)(=O)c1cc(Cl)cc(C(=O)O)c1F. The number of sulfonamides is 1. The smallest absolute Gasteiger partial charge is 0.338 e. The van der Waals surface area contributed by atoms with Crippen LogP contribution >= 0.6 is 23.4 Å². The van der Waals surface area contributed by atoms with Crippen molar-refractivity contribution < 1.29 is 22.7 Å². The van der Waals surface area contributed by atoms with Gasteiger partial charge in [-0.1, -0.05) is 11.6 Å². The fourth-order valence-electron chi connectivity index (χ4n) is 1.53. The Balaban J connectivity index is 3.28. The Morgan fingerprint density at radius 1 is 1.55 bits per heavy atom. The molecule has 112 valence electrons. The van der Waals surface area contributed by atoms with Gasteiger partial charge < -0.3 is 5.11 Å². The van der Waals surface area contributed by atoms with E-state index in [9.17, 15) is 17.6 Å².